The van der Waals surface area contributed by atoms with E-state index in [1.54, 1.807) is 23.1 Å². The van der Waals surface area contributed by atoms with E-state index >= 15 is 0 Å². The normalized spacial score (nSPS) is 10.0. The van der Waals surface area contributed by atoms with Crippen LogP contribution in [-0.4, -0.2) is 17.4 Å². The fourth-order valence-electron chi connectivity index (χ4n) is 2.00. The molecular formula is C16H16N2O2. The zero-order valence-electron chi connectivity index (χ0n) is 11.4. The lowest BCUT2D eigenvalue weighted by Gasteiger charge is -2.21. The lowest BCUT2D eigenvalue weighted by Crippen LogP contribution is -2.31. The molecule has 0 bridgehead atoms. The van der Waals surface area contributed by atoms with E-state index in [9.17, 15) is 4.79 Å². The molecule has 2 aromatic rings. The molecule has 0 radical (unpaired) electrons. The van der Waals surface area contributed by atoms with Gasteiger partial charge in [-0.25, -0.2) is 0 Å². The van der Waals surface area contributed by atoms with E-state index in [1.807, 2.05) is 19.1 Å². The van der Waals surface area contributed by atoms with Gasteiger partial charge >= 0.3 is 0 Å². The Bertz CT molecular complexity index is 594. The van der Waals surface area contributed by atoms with E-state index < -0.39 is 0 Å². The molecule has 0 saturated carbocycles. The third-order valence-corrected chi connectivity index (χ3v) is 3.01. The van der Waals surface area contributed by atoms with Crippen LogP contribution in [0, 0.1) is 11.3 Å². The topological polar surface area (TPSA) is 57.2 Å². The molecule has 20 heavy (non-hydrogen) atoms. The lowest BCUT2D eigenvalue weighted by atomic mass is 10.1. The van der Waals surface area contributed by atoms with Crippen LogP contribution >= 0.6 is 0 Å². The van der Waals surface area contributed by atoms with Gasteiger partial charge in [0.25, 0.3) is 5.91 Å². The number of carbonyl (C=O) groups excluding carboxylic acids is 1. The average molecular weight is 268 g/mol. The monoisotopic (exact) mass is 268 g/mol. The molecule has 1 aromatic heterocycles. The van der Waals surface area contributed by atoms with Gasteiger partial charge in [0.15, 0.2) is 0 Å². The Kier molecular flexibility index (Phi) is 4.56. The highest BCUT2D eigenvalue weighted by molar-refractivity contribution is 5.93. The Labute approximate surface area is 118 Å². The summed E-state index contributed by atoms with van der Waals surface area (Å²) in [5.41, 5.74) is 2.19. The first kappa shape index (κ1) is 13.9. The Hall–Kier alpha value is -2.54. The molecule has 1 aromatic carbocycles. The predicted octanol–water partition coefficient (Wildman–Crippen LogP) is 3.20. The summed E-state index contributed by atoms with van der Waals surface area (Å²) in [5.74, 6) is -0.0371. The minimum absolute atomic E-state index is 0.0371. The van der Waals surface area contributed by atoms with Crippen molar-refractivity contribution in [3.63, 3.8) is 0 Å². The molecule has 4 nitrogen and oxygen atoms in total. The number of hydrogen-bond acceptors (Lipinski definition) is 3. The first-order valence-electron chi connectivity index (χ1n) is 6.55. The van der Waals surface area contributed by atoms with Crippen molar-refractivity contribution in [3.8, 4) is 6.07 Å². The number of carbonyl (C=O) groups is 1. The second kappa shape index (κ2) is 6.58. The molecule has 0 aliphatic carbocycles. The van der Waals surface area contributed by atoms with Crippen molar-refractivity contribution in [1.29, 1.82) is 5.26 Å². The average Bonchev–Trinajstić information content (AvgIpc) is 3.01. The molecule has 1 heterocycles. The summed E-state index contributed by atoms with van der Waals surface area (Å²) >= 11 is 0. The highest BCUT2D eigenvalue weighted by atomic mass is 16.3. The summed E-state index contributed by atoms with van der Waals surface area (Å²) in [6.07, 6.45) is 3.85. The first-order valence-corrected chi connectivity index (χ1v) is 6.55. The van der Waals surface area contributed by atoms with Crippen molar-refractivity contribution >= 4 is 5.91 Å². The molecule has 102 valence electrons. The quantitative estimate of drug-likeness (QED) is 0.836. The molecule has 0 fully saturated rings. The second-order valence-corrected chi connectivity index (χ2v) is 4.55. The second-order valence-electron chi connectivity index (χ2n) is 4.55. The van der Waals surface area contributed by atoms with Crippen LogP contribution in [0.5, 0.6) is 0 Å². The standard InChI is InChI=1S/C16H16N2O2/c1-2-8-18(16(19)15-7-9-20-12-15)11-14-5-3-13(10-17)4-6-14/h3-7,9,12H,2,8,11H2,1H3. The van der Waals surface area contributed by atoms with E-state index in [0.717, 1.165) is 12.0 Å². The van der Waals surface area contributed by atoms with Gasteiger partial charge < -0.3 is 9.32 Å². The zero-order valence-corrected chi connectivity index (χ0v) is 11.4. The van der Waals surface area contributed by atoms with Crippen molar-refractivity contribution in [2.24, 2.45) is 0 Å². The largest absolute Gasteiger partial charge is 0.472 e. The van der Waals surface area contributed by atoms with Crippen LogP contribution in [-0.2, 0) is 6.54 Å². The van der Waals surface area contributed by atoms with Crippen molar-refractivity contribution in [3.05, 3.63) is 59.5 Å². The van der Waals surface area contributed by atoms with Crippen molar-refractivity contribution in [2.45, 2.75) is 19.9 Å². The molecule has 0 N–H and O–H groups in total. The van der Waals surface area contributed by atoms with Gasteiger partial charge in [0, 0.05) is 13.1 Å². The Balaban J connectivity index is 2.12. The van der Waals surface area contributed by atoms with Gasteiger partial charge in [0.1, 0.15) is 6.26 Å². The number of hydrogen-bond donors (Lipinski definition) is 0. The molecule has 0 spiro atoms. The molecule has 0 aliphatic heterocycles. The van der Waals surface area contributed by atoms with Crippen LogP contribution in [0.3, 0.4) is 0 Å². The first-order chi connectivity index (χ1) is 9.74. The summed E-state index contributed by atoms with van der Waals surface area (Å²) < 4.78 is 4.96. The highest BCUT2D eigenvalue weighted by Crippen LogP contribution is 2.12. The fourth-order valence-corrected chi connectivity index (χ4v) is 2.00. The third kappa shape index (κ3) is 3.27. The maximum Gasteiger partial charge on any atom is 0.257 e. The minimum atomic E-state index is -0.0371. The van der Waals surface area contributed by atoms with Gasteiger partial charge in [-0.3, -0.25) is 4.79 Å². The van der Waals surface area contributed by atoms with E-state index in [2.05, 4.69) is 6.07 Å². The van der Waals surface area contributed by atoms with Crippen LogP contribution in [0.2, 0.25) is 0 Å². The molecular weight excluding hydrogens is 252 g/mol. The fraction of sp³-hybridized carbons (Fsp3) is 0.250. The summed E-state index contributed by atoms with van der Waals surface area (Å²) in [6, 6.07) is 11.0. The Morgan fingerprint density at radius 3 is 2.60 bits per heavy atom. The van der Waals surface area contributed by atoms with Gasteiger partial charge in [-0.05, 0) is 30.2 Å². The number of nitriles is 1. The van der Waals surface area contributed by atoms with Gasteiger partial charge in [-0.15, -0.1) is 0 Å². The zero-order chi connectivity index (χ0) is 14.4. The van der Waals surface area contributed by atoms with Crippen molar-refractivity contribution < 1.29 is 9.21 Å². The minimum Gasteiger partial charge on any atom is -0.472 e. The van der Waals surface area contributed by atoms with Crippen LogP contribution in [0.15, 0.2) is 47.3 Å². The SMILES string of the molecule is CCCN(Cc1ccc(C#N)cc1)C(=O)c1ccoc1. The molecule has 0 aliphatic rings. The van der Waals surface area contributed by atoms with Gasteiger partial charge in [-0.2, -0.15) is 5.26 Å². The maximum atomic E-state index is 12.3. The maximum absolute atomic E-state index is 12.3. The van der Waals surface area contributed by atoms with Crippen molar-refractivity contribution in [1.82, 2.24) is 4.90 Å². The molecule has 0 saturated heterocycles. The molecule has 0 unspecified atom stereocenters. The van der Waals surface area contributed by atoms with Gasteiger partial charge in [0.2, 0.25) is 0 Å². The molecule has 1 amide bonds. The van der Waals surface area contributed by atoms with Crippen molar-refractivity contribution in [2.75, 3.05) is 6.54 Å². The Morgan fingerprint density at radius 2 is 2.05 bits per heavy atom. The summed E-state index contributed by atoms with van der Waals surface area (Å²) in [4.78, 5) is 14.1. The van der Waals surface area contributed by atoms with Crippen LogP contribution in [0.25, 0.3) is 0 Å². The smallest absolute Gasteiger partial charge is 0.257 e. The van der Waals surface area contributed by atoms with Crippen LogP contribution in [0.4, 0.5) is 0 Å². The number of nitrogens with zero attached hydrogens (tertiary/aromatic N) is 2. The molecule has 4 heteroatoms. The van der Waals surface area contributed by atoms with E-state index in [0.29, 0.717) is 24.2 Å². The number of rotatable bonds is 5. The number of furan rings is 1. The van der Waals surface area contributed by atoms with Crippen LogP contribution < -0.4 is 0 Å². The van der Waals surface area contributed by atoms with E-state index in [-0.39, 0.29) is 5.91 Å². The van der Waals surface area contributed by atoms with Crippen LogP contribution in [0.1, 0.15) is 34.8 Å². The highest BCUT2D eigenvalue weighted by Gasteiger charge is 2.16. The van der Waals surface area contributed by atoms with Gasteiger partial charge in [0.05, 0.1) is 23.5 Å². The number of amides is 1. The van der Waals surface area contributed by atoms with E-state index in [4.69, 9.17) is 9.68 Å². The Morgan fingerprint density at radius 1 is 1.30 bits per heavy atom. The van der Waals surface area contributed by atoms with Gasteiger partial charge in [-0.1, -0.05) is 19.1 Å². The van der Waals surface area contributed by atoms with E-state index in [1.165, 1.54) is 12.5 Å². The predicted molar refractivity (Wildman–Crippen MR) is 74.9 cm³/mol. The number of benzene rings is 1. The molecule has 0 atom stereocenters. The summed E-state index contributed by atoms with van der Waals surface area (Å²) in [7, 11) is 0. The summed E-state index contributed by atoms with van der Waals surface area (Å²) in [5, 5.41) is 8.78. The molecule has 2 rings (SSSR count). The summed E-state index contributed by atoms with van der Waals surface area (Å²) in [6.45, 7) is 3.25. The third-order valence-electron chi connectivity index (χ3n) is 3.01. The lowest BCUT2D eigenvalue weighted by molar-refractivity contribution is 0.0742.